The van der Waals surface area contributed by atoms with E-state index in [9.17, 15) is 4.79 Å². The normalized spacial score (nSPS) is 16.4. The topological polar surface area (TPSA) is 63.3 Å². The van der Waals surface area contributed by atoms with Crippen LogP contribution in [0.4, 0.5) is 0 Å². The molecule has 0 fully saturated rings. The van der Waals surface area contributed by atoms with Crippen LogP contribution in [0.3, 0.4) is 0 Å². The Labute approximate surface area is 75.5 Å². The van der Waals surface area contributed by atoms with E-state index in [4.69, 9.17) is 10.8 Å². The first-order valence-electron chi connectivity index (χ1n) is 2.29. The van der Waals surface area contributed by atoms with Gasteiger partial charge in [-0.1, -0.05) is 0 Å². The number of carboxylic acid groups (broad SMARTS) is 1. The van der Waals surface area contributed by atoms with Crippen molar-refractivity contribution in [3.8, 4) is 0 Å². The largest absolute Gasteiger partial charge is 0.480 e. The highest BCUT2D eigenvalue weighted by atomic mass is 33.8. The molecule has 0 saturated carbocycles. The summed E-state index contributed by atoms with van der Waals surface area (Å²) in [5.74, 6) is -0.855. The lowest BCUT2D eigenvalue weighted by Gasteiger charge is -2.22. The molecular weight excluding hydrogens is 210 g/mol. The van der Waals surface area contributed by atoms with E-state index in [1.165, 1.54) is 0 Å². The number of carbonyl (C=O) groups is 1. The van der Waals surface area contributed by atoms with E-state index in [-0.39, 0.29) is 5.75 Å². The molecule has 0 saturated heterocycles. The minimum atomic E-state index is -1.69. The van der Waals surface area contributed by atoms with E-state index in [0.717, 1.165) is 0 Å². The van der Waals surface area contributed by atoms with Crippen LogP contribution < -0.4 is 5.73 Å². The molecule has 62 valence electrons. The number of hydrogen-bond donors (Lipinski definition) is 5. The summed E-state index contributed by atoms with van der Waals surface area (Å²) in [5, 5.41) is 8.33. The molecule has 3 nitrogen and oxygen atoms in total. The highest BCUT2D eigenvalue weighted by molar-refractivity contribution is 9.40. The minimum Gasteiger partial charge on any atom is -0.480 e. The van der Waals surface area contributed by atoms with E-state index in [2.05, 4.69) is 35.0 Å². The highest BCUT2D eigenvalue weighted by Crippen LogP contribution is 2.61. The molecule has 1 atom stereocenters. The molecule has 0 spiro atoms. The van der Waals surface area contributed by atoms with Gasteiger partial charge in [-0.05, 0) is 0 Å². The van der Waals surface area contributed by atoms with Crippen molar-refractivity contribution in [3.05, 3.63) is 0 Å². The molecule has 0 aromatic rings. The second-order valence-electron chi connectivity index (χ2n) is 1.74. The van der Waals surface area contributed by atoms with Crippen molar-refractivity contribution in [2.24, 2.45) is 5.73 Å². The lowest BCUT2D eigenvalue weighted by Crippen LogP contribution is -2.33. The Balaban J connectivity index is 3.80. The molecule has 0 bridgehead atoms. The van der Waals surface area contributed by atoms with Crippen molar-refractivity contribution < 1.29 is 9.90 Å². The zero-order chi connectivity index (χ0) is 8.36. The molecule has 7 heteroatoms. The van der Waals surface area contributed by atoms with Gasteiger partial charge in [0.2, 0.25) is 0 Å². The molecule has 0 aliphatic carbocycles. The van der Waals surface area contributed by atoms with Crippen molar-refractivity contribution in [1.29, 1.82) is 0 Å². The van der Waals surface area contributed by atoms with Crippen LogP contribution in [0.2, 0.25) is 0 Å². The molecule has 10 heavy (non-hydrogen) atoms. The van der Waals surface area contributed by atoms with E-state index in [1.54, 1.807) is 0 Å². The van der Waals surface area contributed by atoms with E-state index < -0.39 is 19.1 Å². The van der Waals surface area contributed by atoms with Crippen LogP contribution in [0.25, 0.3) is 0 Å². The first-order valence-corrected chi connectivity index (χ1v) is 7.25. The molecule has 0 aliphatic heterocycles. The van der Waals surface area contributed by atoms with Crippen LogP contribution in [0.5, 0.6) is 0 Å². The summed E-state index contributed by atoms with van der Waals surface area (Å²) in [6.07, 6.45) is 0. The number of nitrogens with two attached hydrogens (primary N) is 1. The Morgan fingerprint density at radius 2 is 2.00 bits per heavy atom. The van der Waals surface area contributed by atoms with Gasteiger partial charge in [-0.15, -0.1) is 42.1 Å². The van der Waals surface area contributed by atoms with Gasteiger partial charge >= 0.3 is 5.97 Å². The summed E-state index contributed by atoms with van der Waals surface area (Å²) < 4.78 is 0. The molecular formula is C3H9NO2S4. The smallest absolute Gasteiger partial charge is 0.321 e. The number of hydrogen-bond acceptors (Lipinski definition) is 5. The SMILES string of the molecule is NC(CS(S)(S)S)C(=O)O. The fraction of sp³-hybridized carbons (Fsp3) is 0.667. The van der Waals surface area contributed by atoms with Crippen molar-refractivity contribution in [3.63, 3.8) is 0 Å². The summed E-state index contributed by atoms with van der Waals surface area (Å²) >= 11 is 11.9. The van der Waals surface area contributed by atoms with Gasteiger partial charge in [0.1, 0.15) is 6.04 Å². The summed E-state index contributed by atoms with van der Waals surface area (Å²) in [6, 6.07) is -0.914. The molecule has 0 heterocycles. The standard InChI is InChI=1S/C3H9NO2S4/c4-2(3(5)6)1-10(7,8)9/h2,7-9H,1,4H2,(H,5,6). The molecule has 0 aromatic heterocycles. The monoisotopic (exact) mass is 219 g/mol. The zero-order valence-electron chi connectivity index (χ0n) is 4.97. The molecule has 1 unspecified atom stereocenters. The van der Waals surface area contributed by atoms with Crippen molar-refractivity contribution in [2.75, 3.05) is 5.75 Å². The fourth-order valence-electron chi connectivity index (χ4n) is 0.312. The Bertz CT molecular complexity index is 133. The second kappa shape index (κ2) is 4.01. The first-order chi connectivity index (χ1) is 4.33. The van der Waals surface area contributed by atoms with Gasteiger partial charge in [0.25, 0.3) is 0 Å². The average Bonchev–Trinajstić information content (AvgIpc) is 1.60. The van der Waals surface area contributed by atoms with Gasteiger partial charge in [-0.2, -0.15) is 0 Å². The number of aliphatic carboxylic acids is 1. The Morgan fingerprint density at radius 1 is 1.60 bits per heavy atom. The maximum Gasteiger partial charge on any atom is 0.321 e. The molecule has 0 amide bonds. The lowest BCUT2D eigenvalue weighted by atomic mass is 10.4. The number of rotatable bonds is 3. The maximum atomic E-state index is 10.2. The Morgan fingerprint density at radius 3 is 2.10 bits per heavy atom. The molecule has 0 aromatic carbocycles. The van der Waals surface area contributed by atoms with E-state index >= 15 is 0 Å². The predicted octanol–water partition coefficient (Wildman–Crippen LogP) is 0.737. The van der Waals surface area contributed by atoms with Gasteiger partial charge in [0.05, 0.1) is 0 Å². The maximum absolute atomic E-state index is 10.2. The molecule has 0 aliphatic rings. The van der Waals surface area contributed by atoms with Crippen LogP contribution in [0.15, 0.2) is 0 Å². The average molecular weight is 219 g/mol. The van der Waals surface area contributed by atoms with Gasteiger partial charge < -0.3 is 10.8 Å². The lowest BCUT2D eigenvalue weighted by molar-refractivity contribution is -0.137. The van der Waals surface area contributed by atoms with Crippen molar-refractivity contribution >= 4 is 48.1 Å². The van der Waals surface area contributed by atoms with Crippen LogP contribution in [0.1, 0.15) is 0 Å². The van der Waals surface area contributed by atoms with Crippen LogP contribution >= 0.6 is 42.1 Å². The Hall–Kier alpha value is 0.830. The number of thiol groups is 3. The minimum absolute atomic E-state index is 0.192. The summed E-state index contributed by atoms with van der Waals surface area (Å²) in [4.78, 5) is 10.2. The van der Waals surface area contributed by atoms with Crippen LogP contribution in [0, 0.1) is 0 Å². The van der Waals surface area contributed by atoms with Crippen molar-refractivity contribution in [2.45, 2.75) is 6.04 Å². The summed E-state index contributed by atoms with van der Waals surface area (Å²) in [7, 11) is -1.69. The van der Waals surface area contributed by atoms with E-state index in [1.807, 2.05) is 0 Å². The summed E-state index contributed by atoms with van der Waals surface area (Å²) in [6.45, 7) is 0. The van der Waals surface area contributed by atoms with Crippen LogP contribution in [-0.2, 0) is 4.79 Å². The van der Waals surface area contributed by atoms with Crippen LogP contribution in [-0.4, -0.2) is 22.9 Å². The first kappa shape index (κ1) is 10.8. The zero-order valence-corrected chi connectivity index (χ0v) is 8.47. The van der Waals surface area contributed by atoms with Gasteiger partial charge in [-0.3, -0.25) is 4.79 Å². The van der Waals surface area contributed by atoms with Crippen molar-refractivity contribution in [1.82, 2.24) is 0 Å². The molecule has 0 radical (unpaired) electrons. The fourth-order valence-corrected chi connectivity index (χ4v) is 2.38. The summed E-state index contributed by atoms with van der Waals surface area (Å²) in [5.41, 5.74) is 5.18. The second-order valence-corrected chi connectivity index (χ2v) is 11.5. The third-order valence-electron chi connectivity index (χ3n) is 0.720. The van der Waals surface area contributed by atoms with E-state index in [0.29, 0.717) is 0 Å². The highest BCUT2D eigenvalue weighted by Gasteiger charge is 2.19. The molecule has 0 rings (SSSR count). The third-order valence-corrected chi connectivity index (χ3v) is 2.87. The third kappa shape index (κ3) is 5.60. The quantitative estimate of drug-likeness (QED) is 0.359. The predicted molar refractivity (Wildman–Crippen MR) is 55.0 cm³/mol. The van der Waals surface area contributed by atoms with Gasteiger partial charge in [0, 0.05) is 5.75 Å². The number of carboxylic acids is 1. The van der Waals surface area contributed by atoms with Gasteiger partial charge in [-0.25, -0.2) is 0 Å². The van der Waals surface area contributed by atoms with Gasteiger partial charge in [0.15, 0.2) is 0 Å². The molecule has 3 N–H and O–H groups in total. The Kier molecular flexibility index (Phi) is 4.34.